The van der Waals surface area contributed by atoms with Crippen LogP contribution in [0.1, 0.15) is 5.56 Å². The van der Waals surface area contributed by atoms with E-state index in [1.54, 1.807) is 31.6 Å². The van der Waals surface area contributed by atoms with Crippen LogP contribution in [-0.2, 0) is 11.2 Å². The molecular weight excluding hydrogens is 268 g/mol. The molecule has 0 bridgehead atoms. The number of carbonyl (C=O) groups excluding carboxylic acids is 1. The molecule has 21 heavy (non-hydrogen) atoms. The van der Waals surface area contributed by atoms with Crippen LogP contribution in [0.4, 0.5) is 0 Å². The van der Waals surface area contributed by atoms with E-state index in [9.17, 15) is 4.79 Å². The summed E-state index contributed by atoms with van der Waals surface area (Å²) in [6.45, 7) is 0. The molecular formula is C14H18N6O. The van der Waals surface area contributed by atoms with Gasteiger partial charge in [-0.25, -0.2) is 0 Å². The second kappa shape index (κ2) is 8.26. The number of aromatic nitrogens is 1. The van der Waals surface area contributed by atoms with E-state index < -0.39 is 0 Å². The number of hydrogen-bond donors (Lipinski definition) is 4. The summed E-state index contributed by atoms with van der Waals surface area (Å²) in [5.41, 5.74) is 12.6. The number of allylic oxidation sites excluding steroid dienone is 1. The normalized spacial score (nSPS) is 12.4. The van der Waals surface area contributed by atoms with Crippen molar-refractivity contribution in [3.8, 4) is 0 Å². The van der Waals surface area contributed by atoms with Gasteiger partial charge in [-0.1, -0.05) is 6.07 Å². The first-order valence-electron chi connectivity index (χ1n) is 6.15. The molecule has 0 radical (unpaired) electrons. The van der Waals surface area contributed by atoms with E-state index in [0.717, 1.165) is 5.56 Å². The third kappa shape index (κ3) is 5.68. The monoisotopic (exact) mass is 286 g/mol. The smallest absolute Gasteiger partial charge is 0.229 e. The highest BCUT2D eigenvalue weighted by Crippen LogP contribution is 2.00. The lowest BCUT2D eigenvalue weighted by molar-refractivity contribution is -0.119. The number of rotatable bonds is 5. The molecule has 0 atom stereocenters. The fraction of sp³-hybridized carbons (Fsp3) is 0.143. The first kappa shape index (κ1) is 16.1. The van der Waals surface area contributed by atoms with Crippen molar-refractivity contribution in [1.29, 1.82) is 5.41 Å². The molecule has 6 N–H and O–H groups in total. The number of pyridine rings is 1. The van der Waals surface area contributed by atoms with Crippen LogP contribution in [0.25, 0.3) is 0 Å². The van der Waals surface area contributed by atoms with Crippen molar-refractivity contribution in [2.24, 2.45) is 16.5 Å². The molecule has 110 valence electrons. The van der Waals surface area contributed by atoms with Gasteiger partial charge in [-0.3, -0.25) is 20.2 Å². The van der Waals surface area contributed by atoms with E-state index in [4.69, 9.17) is 16.9 Å². The van der Waals surface area contributed by atoms with Gasteiger partial charge in [0.2, 0.25) is 5.91 Å². The van der Waals surface area contributed by atoms with Crippen molar-refractivity contribution in [2.75, 3.05) is 7.05 Å². The Hall–Kier alpha value is -2.96. The van der Waals surface area contributed by atoms with Gasteiger partial charge < -0.3 is 16.8 Å². The zero-order valence-electron chi connectivity index (χ0n) is 11.7. The number of amides is 1. The highest BCUT2D eigenvalue weighted by atomic mass is 16.1. The molecule has 1 heterocycles. The van der Waals surface area contributed by atoms with Crippen LogP contribution < -0.4 is 16.8 Å². The van der Waals surface area contributed by atoms with Gasteiger partial charge in [0.25, 0.3) is 0 Å². The summed E-state index contributed by atoms with van der Waals surface area (Å²) in [4.78, 5) is 19.5. The molecule has 0 aliphatic carbocycles. The SMILES string of the molecule is CN=CC(=CN)/C(N)=C/C(=N)NC(=O)Cc1cccnc1. The fourth-order valence-corrected chi connectivity index (χ4v) is 1.51. The maximum atomic E-state index is 11.8. The standard InChI is InChI=1S/C14H18N6O/c1-18-9-11(7-15)12(16)6-13(17)20-14(21)5-10-3-2-4-19-8-10/h2-4,6-9H,5,15-16H2,1H3,(H2,17,20,21)/b11-7?,12-6-,18-9?. The molecule has 0 aromatic carbocycles. The molecule has 0 unspecified atom stereocenters. The minimum Gasteiger partial charge on any atom is -0.404 e. The topological polar surface area (TPSA) is 130 Å². The van der Waals surface area contributed by atoms with Crippen molar-refractivity contribution in [1.82, 2.24) is 10.3 Å². The largest absolute Gasteiger partial charge is 0.404 e. The van der Waals surface area contributed by atoms with Crippen molar-refractivity contribution in [3.63, 3.8) is 0 Å². The number of nitrogens with zero attached hydrogens (tertiary/aromatic N) is 2. The van der Waals surface area contributed by atoms with Crippen LogP contribution in [0.15, 0.2) is 53.1 Å². The quantitative estimate of drug-likeness (QED) is 0.347. The molecule has 1 aromatic heterocycles. The zero-order chi connectivity index (χ0) is 15.7. The van der Waals surface area contributed by atoms with Crippen molar-refractivity contribution in [3.05, 3.63) is 53.6 Å². The minimum atomic E-state index is -0.320. The lowest BCUT2D eigenvalue weighted by atomic mass is 10.2. The molecule has 7 heteroatoms. The van der Waals surface area contributed by atoms with Gasteiger partial charge in [0.15, 0.2) is 0 Å². The van der Waals surface area contributed by atoms with Crippen LogP contribution in [0.2, 0.25) is 0 Å². The molecule has 1 rings (SSSR count). The number of amidine groups is 1. The molecule has 1 amide bonds. The maximum absolute atomic E-state index is 11.8. The van der Waals surface area contributed by atoms with E-state index in [0.29, 0.717) is 5.57 Å². The average molecular weight is 286 g/mol. The molecule has 0 aliphatic heterocycles. The van der Waals surface area contributed by atoms with E-state index >= 15 is 0 Å². The van der Waals surface area contributed by atoms with Crippen LogP contribution in [0.3, 0.4) is 0 Å². The van der Waals surface area contributed by atoms with Crippen LogP contribution >= 0.6 is 0 Å². The Labute approximate surface area is 123 Å². The first-order valence-corrected chi connectivity index (χ1v) is 6.15. The second-order valence-electron chi connectivity index (χ2n) is 4.11. The minimum absolute atomic E-state index is 0.120. The summed E-state index contributed by atoms with van der Waals surface area (Å²) in [5.74, 6) is -0.440. The molecule has 0 saturated heterocycles. The van der Waals surface area contributed by atoms with Gasteiger partial charge in [0.05, 0.1) is 6.42 Å². The highest BCUT2D eigenvalue weighted by Gasteiger charge is 2.06. The molecule has 7 nitrogen and oxygen atoms in total. The highest BCUT2D eigenvalue weighted by molar-refractivity contribution is 6.04. The van der Waals surface area contributed by atoms with Gasteiger partial charge in [-0.05, 0) is 11.6 Å². The Bertz CT molecular complexity index is 589. The lowest BCUT2D eigenvalue weighted by Gasteiger charge is -2.05. The Morgan fingerprint density at radius 3 is 2.90 bits per heavy atom. The number of hydrogen-bond acceptors (Lipinski definition) is 6. The van der Waals surface area contributed by atoms with Gasteiger partial charge >= 0.3 is 0 Å². The van der Waals surface area contributed by atoms with E-state index in [-0.39, 0.29) is 23.9 Å². The number of nitrogens with two attached hydrogens (primary N) is 2. The fourth-order valence-electron chi connectivity index (χ4n) is 1.51. The molecule has 0 saturated carbocycles. The summed E-state index contributed by atoms with van der Waals surface area (Å²) in [7, 11) is 1.58. The van der Waals surface area contributed by atoms with Crippen molar-refractivity contribution in [2.45, 2.75) is 6.42 Å². The summed E-state index contributed by atoms with van der Waals surface area (Å²) < 4.78 is 0. The average Bonchev–Trinajstić information content (AvgIpc) is 2.45. The zero-order valence-corrected chi connectivity index (χ0v) is 11.7. The first-order chi connectivity index (χ1) is 10.1. The summed E-state index contributed by atoms with van der Waals surface area (Å²) in [5, 5.41) is 10.1. The Morgan fingerprint density at radius 1 is 1.57 bits per heavy atom. The number of carbonyl (C=O) groups is 1. The van der Waals surface area contributed by atoms with Gasteiger partial charge in [0, 0.05) is 49.2 Å². The third-order valence-electron chi connectivity index (χ3n) is 2.44. The van der Waals surface area contributed by atoms with Gasteiger partial charge in [0.1, 0.15) is 5.84 Å². The van der Waals surface area contributed by atoms with Crippen molar-refractivity contribution >= 4 is 18.0 Å². The van der Waals surface area contributed by atoms with Crippen LogP contribution in [0, 0.1) is 5.41 Å². The summed E-state index contributed by atoms with van der Waals surface area (Å²) >= 11 is 0. The van der Waals surface area contributed by atoms with Crippen molar-refractivity contribution < 1.29 is 4.79 Å². The summed E-state index contributed by atoms with van der Waals surface area (Å²) in [6.07, 6.45) is 7.42. The second-order valence-corrected chi connectivity index (χ2v) is 4.11. The number of aliphatic imine (C=N–C) groups is 1. The van der Waals surface area contributed by atoms with Gasteiger partial charge in [-0.15, -0.1) is 0 Å². The molecule has 0 spiro atoms. The van der Waals surface area contributed by atoms with Crippen LogP contribution in [-0.4, -0.2) is 30.0 Å². The van der Waals surface area contributed by atoms with E-state index in [2.05, 4.69) is 15.3 Å². The van der Waals surface area contributed by atoms with E-state index in [1.165, 1.54) is 18.5 Å². The predicted molar refractivity (Wildman–Crippen MR) is 82.8 cm³/mol. The number of nitrogens with one attached hydrogen (secondary N) is 2. The lowest BCUT2D eigenvalue weighted by Crippen LogP contribution is -2.30. The molecule has 1 aromatic rings. The maximum Gasteiger partial charge on any atom is 0.229 e. The molecule has 0 aliphatic rings. The van der Waals surface area contributed by atoms with E-state index in [1.807, 2.05) is 0 Å². The Kier molecular flexibility index (Phi) is 6.33. The third-order valence-corrected chi connectivity index (χ3v) is 2.44. The Balaban J connectivity index is 2.62. The molecule has 0 fully saturated rings. The van der Waals surface area contributed by atoms with Gasteiger partial charge in [-0.2, -0.15) is 0 Å². The predicted octanol–water partition coefficient (Wildman–Crippen LogP) is 0.103. The summed E-state index contributed by atoms with van der Waals surface area (Å²) in [6, 6.07) is 3.53. The Morgan fingerprint density at radius 2 is 2.33 bits per heavy atom. The van der Waals surface area contributed by atoms with Crippen LogP contribution in [0.5, 0.6) is 0 Å².